The highest BCUT2D eigenvalue weighted by atomic mass is 32.1. The average molecular weight is 435 g/mol. The number of likely N-dealkylation sites (N-methyl/N-ethyl adjacent to an activating group) is 1. The Bertz CT molecular complexity index is 1040. The van der Waals surface area contributed by atoms with E-state index in [1.54, 1.807) is 11.3 Å². The Morgan fingerprint density at radius 2 is 1.81 bits per heavy atom. The maximum atomic E-state index is 12.6. The number of nitrogens with one attached hydrogen (secondary N) is 1. The lowest BCUT2D eigenvalue weighted by Gasteiger charge is -2.35. The summed E-state index contributed by atoms with van der Waals surface area (Å²) in [6, 6.07) is 14.6. The Kier molecular flexibility index (Phi) is 6.68. The highest BCUT2D eigenvalue weighted by Crippen LogP contribution is 2.26. The third-order valence-electron chi connectivity index (χ3n) is 5.86. The molecule has 1 amide bonds. The second kappa shape index (κ2) is 9.62. The molecule has 0 bridgehead atoms. The molecule has 4 rings (SSSR count). The van der Waals surface area contributed by atoms with Gasteiger partial charge in [0.15, 0.2) is 0 Å². The molecule has 31 heavy (non-hydrogen) atoms. The number of piperazine rings is 1. The largest absolute Gasteiger partial charge is 0.369 e. The SMILES string of the molecule is CCN1CCN(c2ccc(NC(=O)Cc3csc(-c4ccc(C)cc4)n3)c(C)c2)CC1. The van der Waals surface area contributed by atoms with Gasteiger partial charge in [-0.25, -0.2) is 4.98 Å². The van der Waals surface area contributed by atoms with Gasteiger partial charge in [0, 0.05) is 48.5 Å². The molecule has 0 atom stereocenters. The molecule has 2 heterocycles. The van der Waals surface area contributed by atoms with Gasteiger partial charge in [0.2, 0.25) is 5.91 Å². The fraction of sp³-hybridized carbons (Fsp3) is 0.360. The summed E-state index contributed by atoms with van der Waals surface area (Å²) in [5.41, 5.74) is 6.31. The zero-order chi connectivity index (χ0) is 21.8. The molecular formula is C25H30N4OS. The lowest BCUT2D eigenvalue weighted by Crippen LogP contribution is -2.46. The zero-order valence-corrected chi connectivity index (χ0v) is 19.3. The molecule has 1 N–H and O–H groups in total. The molecule has 0 saturated carbocycles. The van der Waals surface area contributed by atoms with Crippen molar-refractivity contribution < 1.29 is 4.79 Å². The summed E-state index contributed by atoms with van der Waals surface area (Å²) in [5, 5.41) is 5.98. The number of hydrogen-bond donors (Lipinski definition) is 1. The molecule has 5 nitrogen and oxygen atoms in total. The van der Waals surface area contributed by atoms with Gasteiger partial charge in [0.1, 0.15) is 5.01 Å². The molecule has 3 aromatic rings. The number of thiazole rings is 1. The Morgan fingerprint density at radius 3 is 2.48 bits per heavy atom. The predicted octanol–water partition coefficient (Wildman–Crippen LogP) is 4.75. The molecule has 0 radical (unpaired) electrons. The third kappa shape index (κ3) is 5.32. The first-order valence-corrected chi connectivity index (χ1v) is 11.8. The zero-order valence-electron chi connectivity index (χ0n) is 18.5. The Balaban J connectivity index is 1.36. The van der Waals surface area contributed by atoms with Crippen molar-refractivity contribution in [2.24, 2.45) is 0 Å². The Morgan fingerprint density at radius 1 is 1.06 bits per heavy atom. The lowest BCUT2D eigenvalue weighted by atomic mass is 10.1. The van der Waals surface area contributed by atoms with Crippen molar-refractivity contribution in [2.75, 3.05) is 42.9 Å². The van der Waals surface area contributed by atoms with Gasteiger partial charge in [-0.3, -0.25) is 4.79 Å². The highest BCUT2D eigenvalue weighted by Gasteiger charge is 2.17. The quantitative estimate of drug-likeness (QED) is 0.608. The van der Waals surface area contributed by atoms with Crippen LogP contribution in [0.1, 0.15) is 23.7 Å². The Labute approximate surface area is 188 Å². The predicted molar refractivity (Wildman–Crippen MR) is 130 cm³/mol. The molecule has 1 saturated heterocycles. The number of hydrogen-bond acceptors (Lipinski definition) is 5. The Hall–Kier alpha value is -2.70. The summed E-state index contributed by atoms with van der Waals surface area (Å²) < 4.78 is 0. The maximum Gasteiger partial charge on any atom is 0.230 e. The summed E-state index contributed by atoms with van der Waals surface area (Å²) in [7, 11) is 0. The highest BCUT2D eigenvalue weighted by molar-refractivity contribution is 7.13. The first-order valence-electron chi connectivity index (χ1n) is 10.9. The van der Waals surface area contributed by atoms with Crippen LogP contribution >= 0.6 is 11.3 Å². The number of anilines is 2. The summed E-state index contributed by atoms with van der Waals surface area (Å²) in [6.45, 7) is 11.8. The van der Waals surface area contributed by atoms with Crippen molar-refractivity contribution in [3.8, 4) is 10.6 Å². The van der Waals surface area contributed by atoms with E-state index in [0.717, 1.165) is 60.2 Å². The van der Waals surface area contributed by atoms with Crippen LogP contribution in [-0.2, 0) is 11.2 Å². The van der Waals surface area contributed by atoms with E-state index in [1.165, 1.54) is 11.3 Å². The number of benzene rings is 2. The van der Waals surface area contributed by atoms with Crippen LogP contribution in [-0.4, -0.2) is 48.5 Å². The summed E-state index contributed by atoms with van der Waals surface area (Å²) in [6.07, 6.45) is 0.280. The number of aryl methyl sites for hydroxylation is 2. The molecule has 0 unspecified atom stereocenters. The molecule has 2 aromatic carbocycles. The van der Waals surface area contributed by atoms with Gasteiger partial charge in [-0.05, 0) is 44.2 Å². The van der Waals surface area contributed by atoms with Crippen molar-refractivity contribution >= 4 is 28.6 Å². The van der Waals surface area contributed by atoms with Crippen molar-refractivity contribution in [3.05, 3.63) is 64.7 Å². The molecule has 0 aliphatic carbocycles. The lowest BCUT2D eigenvalue weighted by molar-refractivity contribution is -0.115. The molecule has 162 valence electrons. The molecule has 1 aliphatic rings. The molecule has 0 spiro atoms. The molecule has 6 heteroatoms. The van der Waals surface area contributed by atoms with Crippen LogP contribution < -0.4 is 10.2 Å². The number of carbonyl (C=O) groups is 1. The average Bonchev–Trinajstić information content (AvgIpc) is 3.24. The number of carbonyl (C=O) groups excluding carboxylic acids is 1. The smallest absolute Gasteiger partial charge is 0.230 e. The minimum Gasteiger partial charge on any atom is -0.369 e. The molecule has 1 fully saturated rings. The monoisotopic (exact) mass is 434 g/mol. The summed E-state index contributed by atoms with van der Waals surface area (Å²) >= 11 is 1.58. The first kappa shape index (κ1) is 21.5. The fourth-order valence-corrected chi connectivity index (χ4v) is 4.71. The van der Waals surface area contributed by atoms with E-state index in [-0.39, 0.29) is 12.3 Å². The van der Waals surface area contributed by atoms with Crippen LogP contribution in [0.3, 0.4) is 0 Å². The first-order chi connectivity index (χ1) is 15.0. The maximum absolute atomic E-state index is 12.6. The standard InChI is InChI=1S/C25H30N4OS/c1-4-28-11-13-29(14-12-28)22-9-10-23(19(3)15-22)27-24(30)16-21-17-31-25(26-21)20-7-5-18(2)6-8-20/h5-10,15,17H,4,11-14,16H2,1-3H3,(H,27,30). The van der Waals surface area contributed by atoms with E-state index in [1.807, 2.05) is 11.4 Å². The second-order valence-corrected chi connectivity index (χ2v) is 9.01. The molecule has 1 aliphatic heterocycles. The van der Waals surface area contributed by atoms with E-state index in [0.29, 0.717) is 0 Å². The van der Waals surface area contributed by atoms with E-state index in [4.69, 9.17) is 0 Å². The van der Waals surface area contributed by atoms with Gasteiger partial charge in [-0.2, -0.15) is 0 Å². The molecular weight excluding hydrogens is 404 g/mol. The normalized spacial score (nSPS) is 14.6. The van der Waals surface area contributed by atoms with Gasteiger partial charge < -0.3 is 15.1 Å². The summed E-state index contributed by atoms with van der Waals surface area (Å²) in [4.78, 5) is 22.2. The van der Waals surface area contributed by atoms with E-state index < -0.39 is 0 Å². The van der Waals surface area contributed by atoms with Gasteiger partial charge in [-0.15, -0.1) is 11.3 Å². The topological polar surface area (TPSA) is 48.5 Å². The minimum atomic E-state index is -0.0341. The second-order valence-electron chi connectivity index (χ2n) is 8.16. The van der Waals surface area contributed by atoms with E-state index >= 15 is 0 Å². The third-order valence-corrected chi connectivity index (χ3v) is 6.80. The van der Waals surface area contributed by atoms with Crippen molar-refractivity contribution in [1.82, 2.24) is 9.88 Å². The van der Waals surface area contributed by atoms with Crippen molar-refractivity contribution in [2.45, 2.75) is 27.2 Å². The van der Waals surface area contributed by atoms with Crippen molar-refractivity contribution in [1.29, 1.82) is 0 Å². The van der Waals surface area contributed by atoms with Crippen LogP contribution in [0.25, 0.3) is 10.6 Å². The van der Waals surface area contributed by atoms with Gasteiger partial charge in [-0.1, -0.05) is 36.8 Å². The van der Waals surface area contributed by atoms with Crippen LogP contribution in [0.5, 0.6) is 0 Å². The summed E-state index contributed by atoms with van der Waals surface area (Å²) in [5.74, 6) is -0.0341. The van der Waals surface area contributed by atoms with Crippen LogP contribution in [0.2, 0.25) is 0 Å². The minimum absolute atomic E-state index is 0.0341. The number of rotatable bonds is 6. The van der Waals surface area contributed by atoms with Gasteiger partial charge >= 0.3 is 0 Å². The van der Waals surface area contributed by atoms with Crippen LogP contribution in [0.15, 0.2) is 47.8 Å². The van der Waals surface area contributed by atoms with Crippen LogP contribution in [0, 0.1) is 13.8 Å². The molecule has 1 aromatic heterocycles. The van der Waals surface area contributed by atoms with Gasteiger partial charge in [0.05, 0.1) is 12.1 Å². The number of aromatic nitrogens is 1. The fourth-order valence-electron chi connectivity index (χ4n) is 3.88. The number of amides is 1. The van der Waals surface area contributed by atoms with E-state index in [2.05, 4.69) is 77.3 Å². The van der Waals surface area contributed by atoms with Crippen LogP contribution in [0.4, 0.5) is 11.4 Å². The van der Waals surface area contributed by atoms with Gasteiger partial charge in [0.25, 0.3) is 0 Å². The number of nitrogens with zero attached hydrogens (tertiary/aromatic N) is 3. The van der Waals surface area contributed by atoms with E-state index in [9.17, 15) is 4.79 Å². The van der Waals surface area contributed by atoms with Crippen molar-refractivity contribution in [3.63, 3.8) is 0 Å².